The number of carbonyl (C=O) groups excluding carboxylic acids is 1. The van der Waals surface area contributed by atoms with Crippen LogP contribution in [-0.2, 0) is 11.3 Å². The van der Waals surface area contributed by atoms with Crippen molar-refractivity contribution in [3.05, 3.63) is 51.7 Å². The van der Waals surface area contributed by atoms with Gasteiger partial charge in [0.15, 0.2) is 0 Å². The Morgan fingerprint density at radius 2 is 2.11 bits per heavy atom. The summed E-state index contributed by atoms with van der Waals surface area (Å²) in [6.07, 6.45) is 0. The van der Waals surface area contributed by atoms with E-state index in [0.29, 0.717) is 17.3 Å². The Balaban J connectivity index is 1.77. The topological polar surface area (TPSA) is 41.1 Å². The molecule has 0 saturated heterocycles. The van der Waals surface area contributed by atoms with Gasteiger partial charge in [-0.25, -0.2) is 0 Å². The van der Waals surface area contributed by atoms with Crippen molar-refractivity contribution in [2.24, 2.45) is 0 Å². The van der Waals surface area contributed by atoms with Crippen molar-refractivity contribution < 1.29 is 4.79 Å². The van der Waals surface area contributed by atoms with Gasteiger partial charge in [0.05, 0.1) is 17.3 Å². The first kappa shape index (κ1) is 13.1. The van der Waals surface area contributed by atoms with Crippen LogP contribution < -0.4 is 10.6 Å². The molecule has 0 fully saturated rings. The van der Waals surface area contributed by atoms with Gasteiger partial charge in [0.1, 0.15) is 0 Å². The second-order valence-electron chi connectivity index (χ2n) is 3.76. The molecule has 0 unspecified atom stereocenters. The summed E-state index contributed by atoms with van der Waals surface area (Å²) in [5.41, 5.74) is 1.83. The molecule has 94 valence electrons. The van der Waals surface area contributed by atoms with Gasteiger partial charge in [0.2, 0.25) is 5.91 Å². The largest absolute Gasteiger partial charge is 0.324 e. The van der Waals surface area contributed by atoms with Crippen molar-refractivity contribution in [3.8, 4) is 0 Å². The van der Waals surface area contributed by atoms with Crippen LogP contribution in [-0.4, -0.2) is 12.5 Å². The molecule has 0 aliphatic carbocycles. The molecule has 1 heterocycles. The molecule has 1 aromatic heterocycles. The van der Waals surface area contributed by atoms with Gasteiger partial charge >= 0.3 is 0 Å². The Labute approximate surface area is 115 Å². The molecule has 2 rings (SSSR count). The van der Waals surface area contributed by atoms with Crippen LogP contribution in [0.3, 0.4) is 0 Å². The Morgan fingerprint density at radius 3 is 2.83 bits per heavy atom. The summed E-state index contributed by atoms with van der Waals surface area (Å²) in [7, 11) is 0. The Kier molecular flexibility index (Phi) is 4.75. The molecule has 2 N–H and O–H groups in total. The standard InChI is InChI=1S/C13H13ClN2OS/c14-11-3-1-2-4-12(11)16-13(17)8-15-7-10-5-6-18-9-10/h1-6,9,15H,7-8H2,(H,16,17). The van der Waals surface area contributed by atoms with Crippen molar-refractivity contribution in [1.82, 2.24) is 5.32 Å². The predicted molar refractivity (Wildman–Crippen MR) is 76.1 cm³/mol. The fourth-order valence-corrected chi connectivity index (χ4v) is 2.32. The number of halogens is 1. The smallest absolute Gasteiger partial charge is 0.238 e. The number of hydrogen-bond acceptors (Lipinski definition) is 3. The van der Waals surface area contributed by atoms with E-state index in [4.69, 9.17) is 11.6 Å². The van der Waals surface area contributed by atoms with Crippen LogP contribution in [0.5, 0.6) is 0 Å². The number of thiophene rings is 1. The van der Waals surface area contributed by atoms with Crippen LogP contribution in [0.1, 0.15) is 5.56 Å². The molecule has 2 aromatic rings. The summed E-state index contributed by atoms with van der Waals surface area (Å²) >= 11 is 7.59. The first-order valence-corrected chi connectivity index (χ1v) is 6.84. The minimum absolute atomic E-state index is 0.0988. The summed E-state index contributed by atoms with van der Waals surface area (Å²) < 4.78 is 0. The van der Waals surface area contributed by atoms with Crippen molar-refractivity contribution in [2.45, 2.75) is 6.54 Å². The number of nitrogens with one attached hydrogen (secondary N) is 2. The van der Waals surface area contributed by atoms with Gasteiger partial charge in [-0.1, -0.05) is 23.7 Å². The zero-order valence-electron chi connectivity index (χ0n) is 9.65. The van der Waals surface area contributed by atoms with E-state index in [0.717, 1.165) is 0 Å². The zero-order chi connectivity index (χ0) is 12.8. The number of benzene rings is 1. The highest BCUT2D eigenvalue weighted by Crippen LogP contribution is 2.19. The lowest BCUT2D eigenvalue weighted by Crippen LogP contribution is -2.27. The van der Waals surface area contributed by atoms with E-state index in [1.807, 2.05) is 23.6 Å². The molecule has 1 aromatic carbocycles. The summed E-state index contributed by atoms with van der Waals surface area (Å²) in [4.78, 5) is 11.7. The van der Waals surface area contributed by atoms with Crippen molar-refractivity contribution >= 4 is 34.5 Å². The second kappa shape index (κ2) is 6.54. The lowest BCUT2D eigenvalue weighted by atomic mass is 10.3. The van der Waals surface area contributed by atoms with Gasteiger partial charge < -0.3 is 10.6 Å². The van der Waals surface area contributed by atoms with Crippen molar-refractivity contribution in [2.75, 3.05) is 11.9 Å². The summed E-state index contributed by atoms with van der Waals surface area (Å²) in [6.45, 7) is 0.959. The number of carbonyl (C=O) groups is 1. The van der Waals surface area contributed by atoms with Crippen LogP contribution in [0, 0.1) is 0 Å². The summed E-state index contributed by atoms with van der Waals surface area (Å²) in [5.74, 6) is -0.0988. The van der Waals surface area contributed by atoms with Gasteiger partial charge in [-0.2, -0.15) is 11.3 Å². The minimum atomic E-state index is -0.0988. The van der Waals surface area contributed by atoms with Crippen LogP contribution in [0.15, 0.2) is 41.1 Å². The first-order chi connectivity index (χ1) is 8.75. The third-order valence-corrected chi connectivity index (χ3v) is 3.40. The average molecular weight is 281 g/mol. The summed E-state index contributed by atoms with van der Waals surface area (Å²) in [5, 5.41) is 10.5. The van der Waals surface area contributed by atoms with Crippen LogP contribution in [0.25, 0.3) is 0 Å². The fraction of sp³-hybridized carbons (Fsp3) is 0.154. The maximum atomic E-state index is 11.7. The van der Waals surface area contributed by atoms with Crippen LogP contribution in [0.4, 0.5) is 5.69 Å². The monoisotopic (exact) mass is 280 g/mol. The molecule has 0 atom stereocenters. The second-order valence-corrected chi connectivity index (χ2v) is 4.95. The molecule has 0 saturated carbocycles. The maximum Gasteiger partial charge on any atom is 0.238 e. The van der Waals surface area contributed by atoms with Crippen molar-refractivity contribution in [1.29, 1.82) is 0 Å². The van der Waals surface area contributed by atoms with Gasteiger partial charge in [-0.15, -0.1) is 0 Å². The van der Waals surface area contributed by atoms with Crippen LogP contribution >= 0.6 is 22.9 Å². The maximum absolute atomic E-state index is 11.7. The third kappa shape index (κ3) is 3.84. The number of para-hydroxylation sites is 1. The average Bonchev–Trinajstić information content (AvgIpc) is 2.85. The van der Waals surface area contributed by atoms with Gasteiger partial charge in [0.25, 0.3) is 0 Å². The highest BCUT2D eigenvalue weighted by atomic mass is 35.5. The highest BCUT2D eigenvalue weighted by molar-refractivity contribution is 7.07. The van der Waals surface area contributed by atoms with E-state index < -0.39 is 0 Å². The van der Waals surface area contributed by atoms with E-state index in [9.17, 15) is 4.79 Å². The Morgan fingerprint density at radius 1 is 1.28 bits per heavy atom. The highest BCUT2D eigenvalue weighted by Gasteiger charge is 2.04. The van der Waals surface area contributed by atoms with E-state index in [1.54, 1.807) is 23.5 Å². The van der Waals surface area contributed by atoms with Gasteiger partial charge in [-0.3, -0.25) is 4.79 Å². The molecule has 18 heavy (non-hydrogen) atoms. The molecular weight excluding hydrogens is 268 g/mol. The SMILES string of the molecule is O=C(CNCc1ccsc1)Nc1ccccc1Cl. The van der Waals surface area contributed by atoms with Crippen molar-refractivity contribution in [3.63, 3.8) is 0 Å². The molecule has 5 heteroatoms. The summed E-state index contributed by atoms with van der Waals surface area (Å²) in [6, 6.07) is 9.21. The molecule has 3 nitrogen and oxygen atoms in total. The number of rotatable bonds is 5. The predicted octanol–water partition coefficient (Wildman–Crippen LogP) is 3.13. The molecule has 0 spiro atoms. The normalized spacial score (nSPS) is 10.3. The van der Waals surface area contributed by atoms with Gasteiger partial charge in [-0.05, 0) is 34.5 Å². The molecule has 0 aliphatic heterocycles. The molecule has 1 amide bonds. The van der Waals surface area contributed by atoms with E-state index in [2.05, 4.69) is 16.0 Å². The Hall–Kier alpha value is -1.36. The molecule has 0 bridgehead atoms. The van der Waals surface area contributed by atoms with E-state index >= 15 is 0 Å². The number of hydrogen-bond donors (Lipinski definition) is 2. The van der Waals surface area contributed by atoms with Crippen LogP contribution in [0.2, 0.25) is 5.02 Å². The minimum Gasteiger partial charge on any atom is -0.324 e. The van der Waals surface area contributed by atoms with E-state index in [-0.39, 0.29) is 12.5 Å². The van der Waals surface area contributed by atoms with Gasteiger partial charge in [0, 0.05) is 6.54 Å². The lowest BCUT2D eigenvalue weighted by molar-refractivity contribution is -0.115. The lowest BCUT2D eigenvalue weighted by Gasteiger charge is -2.07. The number of anilines is 1. The first-order valence-electron chi connectivity index (χ1n) is 5.52. The fourth-order valence-electron chi connectivity index (χ4n) is 1.47. The number of amides is 1. The molecule has 0 radical (unpaired) electrons. The quantitative estimate of drug-likeness (QED) is 0.883. The van der Waals surface area contributed by atoms with E-state index in [1.165, 1.54) is 5.56 Å². The molecule has 0 aliphatic rings. The molecular formula is C13H13ClN2OS. The zero-order valence-corrected chi connectivity index (χ0v) is 11.2. The Bertz CT molecular complexity index is 513. The third-order valence-electron chi connectivity index (χ3n) is 2.34.